The molecule has 0 aromatic carbocycles. The predicted molar refractivity (Wildman–Crippen MR) is 88.2 cm³/mol. The van der Waals surface area contributed by atoms with Crippen molar-refractivity contribution in [3.05, 3.63) is 5.92 Å². The molecule has 1 aliphatic rings. The molecule has 1 fully saturated rings. The summed E-state index contributed by atoms with van der Waals surface area (Å²) in [6, 6.07) is 0. The summed E-state index contributed by atoms with van der Waals surface area (Å²) in [7, 11) is 0. The molecule has 0 atom stereocenters. The second kappa shape index (κ2) is 11.9. The van der Waals surface area contributed by atoms with E-state index in [1.165, 1.54) is 51.4 Å². The summed E-state index contributed by atoms with van der Waals surface area (Å²) in [5, 5.41) is 0. The van der Waals surface area contributed by atoms with Crippen LogP contribution in [0.25, 0.3) is 0 Å². The Bertz CT molecular complexity index is 290. The normalized spacial score (nSPS) is 16.0. The summed E-state index contributed by atoms with van der Waals surface area (Å²) >= 11 is 0. The van der Waals surface area contributed by atoms with Gasteiger partial charge in [0.25, 0.3) is 0 Å². The first-order valence-corrected chi connectivity index (χ1v) is 9.18. The van der Waals surface area contributed by atoms with E-state index in [0.29, 0.717) is 6.42 Å². The Kier molecular flexibility index (Phi) is 10.5. The molecule has 0 aromatic rings. The molecule has 121 valence electrons. The Morgan fingerprint density at radius 3 is 1.86 bits per heavy atom. The van der Waals surface area contributed by atoms with Crippen molar-refractivity contribution in [3.63, 3.8) is 0 Å². The zero-order valence-corrected chi connectivity index (χ0v) is 13.9. The lowest BCUT2D eigenvalue weighted by molar-refractivity contribution is -0.135. The van der Waals surface area contributed by atoms with Crippen LogP contribution in [0, 0.1) is 5.92 Å². The number of Topliss-reactive ketones (excluding diaryl/α,β-unsaturated/α-hetero) is 2. The van der Waals surface area contributed by atoms with E-state index in [1.54, 1.807) is 0 Å². The van der Waals surface area contributed by atoms with Gasteiger partial charge in [-0.05, 0) is 19.3 Å². The van der Waals surface area contributed by atoms with Crippen molar-refractivity contribution in [2.24, 2.45) is 0 Å². The van der Waals surface area contributed by atoms with Crippen LogP contribution in [-0.2, 0) is 9.59 Å². The van der Waals surface area contributed by atoms with Gasteiger partial charge in [0, 0.05) is 12.3 Å². The zero-order chi connectivity index (χ0) is 15.3. The molecule has 0 aliphatic heterocycles. The van der Waals surface area contributed by atoms with Crippen molar-refractivity contribution >= 4 is 11.6 Å². The lowest BCUT2D eigenvalue weighted by atomic mass is 9.84. The largest absolute Gasteiger partial charge is 0.291 e. The third kappa shape index (κ3) is 8.38. The smallest absolute Gasteiger partial charge is 0.205 e. The second-order valence-corrected chi connectivity index (χ2v) is 6.49. The van der Waals surface area contributed by atoms with Crippen molar-refractivity contribution in [1.82, 2.24) is 0 Å². The molecule has 2 nitrogen and oxygen atoms in total. The molecule has 0 N–H and O–H groups in total. The maximum absolute atomic E-state index is 12.0. The van der Waals surface area contributed by atoms with E-state index >= 15 is 0 Å². The summed E-state index contributed by atoms with van der Waals surface area (Å²) in [5.74, 6) is 0.631. The van der Waals surface area contributed by atoms with E-state index in [0.717, 1.165) is 44.4 Å². The average Bonchev–Trinajstić information content (AvgIpc) is 2.53. The molecular weight excluding hydrogens is 260 g/mol. The molecule has 21 heavy (non-hydrogen) atoms. The van der Waals surface area contributed by atoms with E-state index < -0.39 is 0 Å². The van der Waals surface area contributed by atoms with Gasteiger partial charge in [-0.15, -0.1) is 0 Å². The number of hydrogen-bond acceptors (Lipinski definition) is 2. The predicted octanol–water partition coefficient (Wildman–Crippen LogP) is 5.58. The van der Waals surface area contributed by atoms with Crippen LogP contribution in [0.15, 0.2) is 0 Å². The molecule has 0 unspecified atom stereocenters. The number of rotatable bonds is 12. The molecule has 0 amide bonds. The molecule has 0 saturated heterocycles. The van der Waals surface area contributed by atoms with E-state index in [9.17, 15) is 9.59 Å². The molecular formula is C19H33O2. The fourth-order valence-corrected chi connectivity index (χ4v) is 3.11. The highest BCUT2D eigenvalue weighted by Gasteiger charge is 2.26. The minimum atomic E-state index is -0.144. The van der Waals surface area contributed by atoms with Crippen LogP contribution in [0.3, 0.4) is 0 Å². The van der Waals surface area contributed by atoms with Crippen molar-refractivity contribution in [2.75, 3.05) is 0 Å². The number of carbonyl (C=O) groups excluding carboxylic acids is 2. The molecule has 0 aromatic heterocycles. The van der Waals surface area contributed by atoms with Crippen LogP contribution < -0.4 is 0 Å². The van der Waals surface area contributed by atoms with Crippen LogP contribution in [0.4, 0.5) is 0 Å². The molecule has 2 heteroatoms. The Morgan fingerprint density at radius 1 is 0.762 bits per heavy atom. The van der Waals surface area contributed by atoms with E-state index in [1.807, 2.05) is 0 Å². The van der Waals surface area contributed by atoms with Gasteiger partial charge in [-0.2, -0.15) is 0 Å². The zero-order valence-electron chi connectivity index (χ0n) is 13.9. The molecule has 0 bridgehead atoms. The number of hydrogen-bond donors (Lipinski definition) is 0. The average molecular weight is 293 g/mol. The van der Waals surface area contributed by atoms with Crippen molar-refractivity contribution in [3.8, 4) is 0 Å². The van der Waals surface area contributed by atoms with Gasteiger partial charge in [-0.1, -0.05) is 77.6 Å². The molecule has 0 spiro atoms. The highest BCUT2D eigenvalue weighted by molar-refractivity contribution is 6.42. The van der Waals surface area contributed by atoms with Crippen LogP contribution in [0.5, 0.6) is 0 Å². The van der Waals surface area contributed by atoms with Gasteiger partial charge in [-0.3, -0.25) is 9.59 Å². The van der Waals surface area contributed by atoms with Gasteiger partial charge < -0.3 is 0 Å². The van der Waals surface area contributed by atoms with E-state index in [4.69, 9.17) is 0 Å². The second-order valence-electron chi connectivity index (χ2n) is 6.49. The summed E-state index contributed by atoms with van der Waals surface area (Å²) in [6.07, 6.45) is 16.8. The molecule has 1 rings (SSSR count). The maximum Gasteiger partial charge on any atom is 0.205 e. The lowest BCUT2D eigenvalue weighted by Gasteiger charge is -2.18. The monoisotopic (exact) mass is 293 g/mol. The Labute approximate surface area is 131 Å². The van der Waals surface area contributed by atoms with Crippen LogP contribution >= 0.6 is 0 Å². The highest BCUT2D eigenvalue weighted by Crippen LogP contribution is 2.27. The van der Waals surface area contributed by atoms with Crippen molar-refractivity contribution in [2.45, 2.75) is 103 Å². The lowest BCUT2D eigenvalue weighted by Crippen LogP contribution is -2.23. The van der Waals surface area contributed by atoms with Gasteiger partial charge in [0.1, 0.15) is 0 Å². The van der Waals surface area contributed by atoms with E-state index in [-0.39, 0.29) is 11.6 Å². The third-order valence-corrected chi connectivity index (χ3v) is 4.54. The van der Waals surface area contributed by atoms with Crippen LogP contribution in [-0.4, -0.2) is 11.6 Å². The Morgan fingerprint density at radius 2 is 1.29 bits per heavy atom. The summed E-state index contributed by atoms with van der Waals surface area (Å²) in [6.45, 7) is 2.24. The van der Waals surface area contributed by atoms with Gasteiger partial charge >= 0.3 is 0 Å². The van der Waals surface area contributed by atoms with Gasteiger partial charge in [0.15, 0.2) is 5.78 Å². The molecule has 1 saturated carbocycles. The fourth-order valence-electron chi connectivity index (χ4n) is 3.11. The van der Waals surface area contributed by atoms with Gasteiger partial charge in [-0.25, -0.2) is 0 Å². The maximum atomic E-state index is 12.0. The van der Waals surface area contributed by atoms with Gasteiger partial charge in [0.05, 0.1) is 0 Å². The van der Waals surface area contributed by atoms with Crippen LogP contribution in [0.1, 0.15) is 103 Å². The number of ketones is 2. The number of carbonyl (C=O) groups is 2. The molecule has 0 heterocycles. The Hall–Kier alpha value is -0.660. The Balaban J connectivity index is 1.96. The standard InChI is InChI=1S/C19H33O2/c1-2-3-4-5-6-7-8-9-13-16-18(20)19(21)17-14-11-10-12-15-17/h2-16H2,1H3. The van der Waals surface area contributed by atoms with Gasteiger partial charge in [0.2, 0.25) is 5.78 Å². The third-order valence-electron chi connectivity index (χ3n) is 4.54. The number of unbranched alkanes of at least 4 members (excludes halogenated alkanes) is 8. The topological polar surface area (TPSA) is 34.1 Å². The first-order chi connectivity index (χ1) is 10.3. The van der Waals surface area contributed by atoms with Crippen molar-refractivity contribution < 1.29 is 9.59 Å². The SMILES string of the molecule is CCCCCCCCCCCC(=O)C(=O)[C]1CCCCC1. The summed E-state index contributed by atoms with van der Waals surface area (Å²) in [4.78, 5) is 23.9. The first kappa shape index (κ1) is 18.4. The minimum Gasteiger partial charge on any atom is -0.291 e. The van der Waals surface area contributed by atoms with Crippen molar-refractivity contribution in [1.29, 1.82) is 0 Å². The molecule has 1 aliphatic carbocycles. The summed E-state index contributed by atoms with van der Waals surface area (Å²) < 4.78 is 0. The summed E-state index contributed by atoms with van der Waals surface area (Å²) in [5.41, 5.74) is 0. The molecule has 1 radical (unpaired) electrons. The minimum absolute atomic E-state index is 0.130. The first-order valence-electron chi connectivity index (χ1n) is 9.18. The highest BCUT2D eigenvalue weighted by atomic mass is 16.2. The van der Waals surface area contributed by atoms with Crippen LogP contribution in [0.2, 0.25) is 0 Å². The fraction of sp³-hybridized carbons (Fsp3) is 0.842. The quantitative estimate of drug-likeness (QED) is 0.347. The van der Waals surface area contributed by atoms with E-state index in [2.05, 4.69) is 6.92 Å².